The van der Waals surface area contributed by atoms with Gasteiger partial charge < -0.3 is 19.5 Å². The Morgan fingerprint density at radius 2 is 1.61 bits per heavy atom. The second-order valence-corrected chi connectivity index (χ2v) is 6.40. The Hall–Kier alpha value is -2.41. The first-order chi connectivity index (χ1) is 13.1. The van der Waals surface area contributed by atoms with Gasteiger partial charge in [-0.1, -0.05) is 39.5 Å². The van der Waals surface area contributed by atoms with Gasteiger partial charge in [-0.2, -0.15) is 0 Å². The van der Waals surface area contributed by atoms with Gasteiger partial charge in [-0.05, 0) is 40.3 Å². The summed E-state index contributed by atoms with van der Waals surface area (Å²) in [4.78, 5) is 34.8. The van der Waals surface area contributed by atoms with Crippen molar-refractivity contribution >= 4 is 17.9 Å². The van der Waals surface area contributed by atoms with E-state index in [-0.39, 0.29) is 23.5 Å². The number of hydrogen-bond acceptors (Lipinski definition) is 6. The number of unbranched alkanes of at least 4 members (excludes halogenated alkanes) is 1. The molecule has 0 saturated heterocycles. The SMILES string of the molecule is C=C(C)C(=O)OCCN(C)C.C=C(CC=C(CC)C(=O)O)C(=O)OCCCC. The Morgan fingerprint density at radius 3 is 2.04 bits per heavy atom. The summed E-state index contributed by atoms with van der Waals surface area (Å²) in [7, 11) is 3.85. The average molecular weight is 398 g/mol. The minimum absolute atomic E-state index is 0.223. The molecule has 0 unspecified atom stereocenters. The molecular formula is C21H35NO6. The molecule has 1 N–H and O–H groups in total. The van der Waals surface area contributed by atoms with Crippen LogP contribution >= 0.6 is 0 Å². The quantitative estimate of drug-likeness (QED) is 0.306. The van der Waals surface area contributed by atoms with Crippen LogP contribution in [0.3, 0.4) is 0 Å². The van der Waals surface area contributed by atoms with Crippen molar-refractivity contribution < 1.29 is 29.0 Å². The van der Waals surface area contributed by atoms with Crippen LogP contribution in [-0.4, -0.2) is 61.8 Å². The Morgan fingerprint density at radius 1 is 1.04 bits per heavy atom. The lowest BCUT2D eigenvalue weighted by molar-refractivity contribution is -0.140. The topological polar surface area (TPSA) is 93.1 Å². The Bertz CT molecular complexity index is 563. The molecule has 0 saturated carbocycles. The van der Waals surface area contributed by atoms with Crippen molar-refractivity contribution in [3.63, 3.8) is 0 Å². The zero-order valence-corrected chi connectivity index (χ0v) is 17.9. The fraction of sp³-hybridized carbons (Fsp3) is 0.571. The Kier molecular flexibility index (Phi) is 16.6. The van der Waals surface area contributed by atoms with E-state index >= 15 is 0 Å². The molecule has 0 rings (SSSR count). The number of carboxylic acid groups (broad SMARTS) is 1. The third-order valence-electron chi connectivity index (χ3n) is 3.39. The van der Waals surface area contributed by atoms with Gasteiger partial charge in [0.2, 0.25) is 0 Å². The summed E-state index contributed by atoms with van der Waals surface area (Å²) < 4.78 is 9.79. The molecule has 160 valence electrons. The fourth-order valence-electron chi connectivity index (χ4n) is 1.57. The number of nitrogens with zero attached hydrogens (tertiary/aromatic N) is 1. The van der Waals surface area contributed by atoms with Crippen molar-refractivity contribution in [2.45, 2.75) is 46.5 Å². The predicted molar refractivity (Wildman–Crippen MR) is 110 cm³/mol. The van der Waals surface area contributed by atoms with E-state index in [0.717, 1.165) is 19.4 Å². The molecule has 0 atom stereocenters. The predicted octanol–water partition coefficient (Wildman–Crippen LogP) is 3.36. The molecule has 0 spiro atoms. The van der Waals surface area contributed by atoms with E-state index in [2.05, 4.69) is 13.2 Å². The number of carbonyl (C=O) groups is 3. The maximum Gasteiger partial charge on any atom is 0.333 e. The summed E-state index contributed by atoms with van der Waals surface area (Å²) in [6, 6.07) is 0. The summed E-state index contributed by atoms with van der Waals surface area (Å²) in [6.07, 6.45) is 3.93. The van der Waals surface area contributed by atoms with E-state index in [0.29, 0.717) is 25.2 Å². The number of rotatable bonds is 12. The normalized spacial score (nSPS) is 10.6. The molecule has 0 aromatic carbocycles. The Balaban J connectivity index is 0. The van der Waals surface area contributed by atoms with E-state index in [1.54, 1.807) is 13.8 Å². The number of allylic oxidation sites excluding steroid dienone is 1. The minimum Gasteiger partial charge on any atom is -0.478 e. The molecule has 0 aliphatic heterocycles. The molecule has 0 aliphatic carbocycles. The van der Waals surface area contributed by atoms with Crippen LogP contribution in [0.1, 0.15) is 46.5 Å². The number of hydrogen-bond donors (Lipinski definition) is 1. The largest absolute Gasteiger partial charge is 0.478 e. The summed E-state index contributed by atoms with van der Waals surface area (Å²) in [5.41, 5.74) is 1.02. The summed E-state index contributed by atoms with van der Waals surface area (Å²) in [6.45, 7) is 14.0. The van der Waals surface area contributed by atoms with Crippen LogP contribution in [0, 0.1) is 0 Å². The molecule has 0 heterocycles. The molecule has 0 aromatic heterocycles. The molecule has 7 heteroatoms. The third kappa shape index (κ3) is 15.8. The molecule has 28 heavy (non-hydrogen) atoms. The van der Waals surface area contributed by atoms with Crippen LogP contribution in [0.15, 0.2) is 36.0 Å². The first-order valence-electron chi connectivity index (χ1n) is 9.31. The van der Waals surface area contributed by atoms with Gasteiger partial charge in [-0.3, -0.25) is 0 Å². The van der Waals surface area contributed by atoms with Gasteiger partial charge in [0.15, 0.2) is 0 Å². The van der Waals surface area contributed by atoms with E-state index in [1.165, 1.54) is 6.08 Å². The second-order valence-electron chi connectivity index (χ2n) is 6.40. The Labute approximate surface area is 168 Å². The van der Waals surface area contributed by atoms with E-state index in [1.807, 2.05) is 25.9 Å². The van der Waals surface area contributed by atoms with Gasteiger partial charge in [-0.25, -0.2) is 14.4 Å². The standard InChI is InChI=1S/C13H20O4.C8H15NO2/c1-4-6-9-17-13(16)10(3)7-8-11(5-2)12(14)15;1-7(2)8(10)11-6-5-9(3)4/h8H,3-7,9H2,1-2H3,(H,14,15);1,5-6H2,2-4H3. The van der Waals surface area contributed by atoms with Gasteiger partial charge >= 0.3 is 17.9 Å². The van der Waals surface area contributed by atoms with E-state index in [4.69, 9.17) is 14.6 Å². The zero-order valence-electron chi connectivity index (χ0n) is 17.9. The van der Waals surface area contributed by atoms with Gasteiger partial charge in [0.25, 0.3) is 0 Å². The van der Waals surface area contributed by atoms with Crippen molar-refractivity contribution in [1.29, 1.82) is 0 Å². The van der Waals surface area contributed by atoms with Crippen LogP contribution < -0.4 is 0 Å². The molecule has 0 aliphatic rings. The van der Waals surface area contributed by atoms with Crippen LogP contribution in [0.2, 0.25) is 0 Å². The van der Waals surface area contributed by atoms with Crippen LogP contribution in [-0.2, 0) is 23.9 Å². The highest BCUT2D eigenvalue weighted by Crippen LogP contribution is 2.08. The lowest BCUT2D eigenvalue weighted by Gasteiger charge is -2.09. The number of likely N-dealkylation sites (N-methyl/N-ethyl adjacent to an activating group) is 1. The van der Waals surface area contributed by atoms with Gasteiger partial charge in [0.1, 0.15) is 6.61 Å². The van der Waals surface area contributed by atoms with Crippen molar-refractivity contribution in [2.75, 3.05) is 33.9 Å². The molecule has 0 radical (unpaired) electrons. The van der Waals surface area contributed by atoms with Crippen molar-refractivity contribution in [1.82, 2.24) is 4.90 Å². The highest BCUT2D eigenvalue weighted by molar-refractivity contribution is 5.89. The highest BCUT2D eigenvalue weighted by Gasteiger charge is 2.09. The maximum absolute atomic E-state index is 11.4. The van der Waals surface area contributed by atoms with Crippen molar-refractivity contribution in [3.8, 4) is 0 Å². The first kappa shape index (κ1) is 27.8. The summed E-state index contributed by atoms with van der Waals surface area (Å²) >= 11 is 0. The van der Waals surface area contributed by atoms with E-state index in [9.17, 15) is 14.4 Å². The van der Waals surface area contributed by atoms with E-state index < -0.39 is 11.9 Å². The van der Waals surface area contributed by atoms with Crippen molar-refractivity contribution in [2.24, 2.45) is 0 Å². The number of carboxylic acids is 1. The monoisotopic (exact) mass is 397 g/mol. The number of carbonyl (C=O) groups excluding carboxylic acids is 2. The summed E-state index contributed by atoms with van der Waals surface area (Å²) in [5.74, 6) is -1.72. The van der Waals surface area contributed by atoms with Crippen LogP contribution in [0.4, 0.5) is 0 Å². The minimum atomic E-state index is -0.959. The molecule has 0 fully saturated rings. The van der Waals surface area contributed by atoms with Crippen LogP contribution in [0.25, 0.3) is 0 Å². The number of esters is 2. The van der Waals surface area contributed by atoms with Crippen LogP contribution in [0.5, 0.6) is 0 Å². The van der Waals surface area contributed by atoms with Gasteiger partial charge in [0.05, 0.1) is 6.61 Å². The fourth-order valence-corrected chi connectivity index (χ4v) is 1.57. The molecule has 0 amide bonds. The lowest BCUT2D eigenvalue weighted by Crippen LogP contribution is -2.20. The number of aliphatic carboxylic acids is 1. The van der Waals surface area contributed by atoms with Gasteiger partial charge in [0, 0.05) is 23.3 Å². The first-order valence-corrected chi connectivity index (χ1v) is 9.31. The molecular weight excluding hydrogens is 362 g/mol. The molecule has 0 aromatic rings. The smallest absolute Gasteiger partial charge is 0.333 e. The van der Waals surface area contributed by atoms with Gasteiger partial charge in [-0.15, -0.1) is 0 Å². The van der Waals surface area contributed by atoms with Crippen molar-refractivity contribution in [3.05, 3.63) is 36.0 Å². The zero-order chi connectivity index (χ0) is 22.1. The maximum atomic E-state index is 11.4. The third-order valence-corrected chi connectivity index (χ3v) is 3.39. The summed E-state index contributed by atoms with van der Waals surface area (Å²) in [5, 5.41) is 8.78. The average Bonchev–Trinajstić information content (AvgIpc) is 2.61. The highest BCUT2D eigenvalue weighted by atomic mass is 16.5. The molecule has 7 nitrogen and oxygen atoms in total. The molecule has 0 bridgehead atoms. The lowest BCUT2D eigenvalue weighted by atomic mass is 10.1. The number of ether oxygens (including phenoxy) is 2. The second kappa shape index (κ2) is 16.7.